The molecule has 0 saturated carbocycles. The van der Waals surface area contributed by atoms with Gasteiger partial charge in [-0.3, -0.25) is 0 Å². The molecule has 0 radical (unpaired) electrons. The Kier molecular flexibility index (Phi) is 5.70. The number of ether oxygens (including phenoxy) is 1. The van der Waals surface area contributed by atoms with E-state index in [4.69, 9.17) is 19.1 Å². The summed E-state index contributed by atoms with van der Waals surface area (Å²) in [5.41, 5.74) is 4.09. The van der Waals surface area contributed by atoms with Crippen molar-refractivity contribution in [3.8, 4) is 11.4 Å². The van der Waals surface area contributed by atoms with Crippen LogP contribution in [0.2, 0.25) is 18.1 Å². The minimum absolute atomic E-state index is 0.195. The Morgan fingerprint density at radius 2 is 1.90 bits per heavy atom. The lowest BCUT2D eigenvalue weighted by Crippen LogP contribution is -2.40. The molecule has 0 amide bonds. The number of aromatic amines is 1. The van der Waals surface area contributed by atoms with Crippen molar-refractivity contribution < 1.29 is 9.16 Å². The molecule has 3 heterocycles. The molecule has 6 nitrogen and oxygen atoms in total. The van der Waals surface area contributed by atoms with Crippen molar-refractivity contribution in [3.63, 3.8) is 0 Å². The van der Waals surface area contributed by atoms with Gasteiger partial charge in [0.25, 0.3) is 0 Å². The normalized spacial score (nSPS) is 15.7. The highest BCUT2D eigenvalue weighted by Crippen LogP contribution is 2.37. The topological polar surface area (TPSA) is 63.3 Å². The second-order valence-corrected chi connectivity index (χ2v) is 14.3. The lowest BCUT2D eigenvalue weighted by atomic mass is 10.1. The highest BCUT2D eigenvalue weighted by atomic mass is 28.4. The van der Waals surface area contributed by atoms with Crippen LogP contribution in [0.4, 0.5) is 5.82 Å². The minimum Gasteiger partial charge on any atom is -0.413 e. The SMILES string of the molecule is CC(C)(C)[Si](C)(C)OCc1cccc(-c2nc(N3CCOCC3)c3[nH]ccc3n2)c1. The van der Waals surface area contributed by atoms with Crippen LogP contribution < -0.4 is 4.90 Å². The van der Waals surface area contributed by atoms with E-state index in [2.05, 4.69) is 68.0 Å². The Bertz CT molecular complexity index is 1020. The standard InChI is InChI=1S/C23H32N4O2Si/c1-23(2,3)30(4,5)29-16-17-7-6-8-18(15-17)21-25-19-9-10-24-20(19)22(26-21)27-11-13-28-14-12-27/h6-10,15,24H,11-14,16H2,1-5H3. The van der Waals surface area contributed by atoms with Gasteiger partial charge in [0.05, 0.1) is 25.3 Å². The Hall–Kier alpha value is -2.22. The molecule has 0 aliphatic carbocycles. The molecular formula is C23H32N4O2Si. The first-order valence-electron chi connectivity index (χ1n) is 10.7. The zero-order valence-corrected chi connectivity index (χ0v) is 19.7. The van der Waals surface area contributed by atoms with Gasteiger partial charge in [-0.05, 0) is 35.8 Å². The number of aromatic nitrogens is 3. The predicted molar refractivity (Wildman–Crippen MR) is 124 cm³/mol. The Balaban J connectivity index is 1.63. The summed E-state index contributed by atoms with van der Waals surface area (Å²) in [6, 6.07) is 10.4. The van der Waals surface area contributed by atoms with Gasteiger partial charge in [0.2, 0.25) is 0 Å². The number of hydrogen-bond acceptors (Lipinski definition) is 5. The quantitative estimate of drug-likeness (QED) is 0.585. The maximum atomic E-state index is 6.42. The van der Waals surface area contributed by atoms with E-state index in [1.54, 1.807) is 0 Å². The number of H-pyrrole nitrogens is 1. The second kappa shape index (κ2) is 8.13. The third-order valence-corrected chi connectivity index (χ3v) is 10.8. The van der Waals surface area contributed by atoms with Gasteiger partial charge in [0.1, 0.15) is 5.52 Å². The van der Waals surface area contributed by atoms with Gasteiger partial charge in [0, 0.05) is 24.8 Å². The number of anilines is 1. The summed E-state index contributed by atoms with van der Waals surface area (Å²) < 4.78 is 11.9. The largest absolute Gasteiger partial charge is 0.413 e. The number of morpholine rings is 1. The Labute approximate surface area is 179 Å². The molecule has 0 unspecified atom stereocenters. The van der Waals surface area contributed by atoms with Gasteiger partial charge in [0.15, 0.2) is 20.0 Å². The van der Waals surface area contributed by atoms with Crippen molar-refractivity contribution in [1.82, 2.24) is 15.0 Å². The molecule has 30 heavy (non-hydrogen) atoms. The van der Waals surface area contributed by atoms with Crippen LogP contribution in [0.3, 0.4) is 0 Å². The van der Waals surface area contributed by atoms with E-state index < -0.39 is 8.32 Å². The molecule has 1 aliphatic heterocycles. The maximum absolute atomic E-state index is 6.42. The zero-order chi connectivity index (χ0) is 21.4. The van der Waals surface area contributed by atoms with Crippen molar-refractivity contribution in [2.75, 3.05) is 31.2 Å². The zero-order valence-electron chi connectivity index (χ0n) is 18.7. The fourth-order valence-electron chi connectivity index (χ4n) is 3.34. The smallest absolute Gasteiger partial charge is 0.192 e. The molecule has 3 aromatic rings. The monoisotopic (exact) mass is 424 g/mol. The molecule has 1 N–H and O–H groups in total. The van der Waals surface area contributed by atoms with Crippen LogP contribution in [-0.4, -0.2) is 49.6 Å². The van der Waals surface area contributed by atoms with Crippen molar-refractivity contribution in [3.05, 3.63) is 42.1 Å². The molecule has 2 aromatic heterocycles. The van der Waals surface area contributed by atoms with Crippen LogP contribution in [0.1, 0.15) is 26.3 Å². The molecule has 1 aliphatic rings. The van der Waals surface area contributed by atoms with Crippen molar-refractivity contribution in [2.45, 2.75) is 45.5 Å². The van der Waals surface area contributed by atoms with E-state index in [9.17, 15) is 0 Å². The maximum Gasteiger partial charge on any atom is 0.192 e. The third-order valence-electron chi connectivity index (χ3n) is 6.29. The molecule has 4 rings (SSSR count). The van der Waals surface area contributed by atoms with Gasteiger partial charge in [-0.2, -0.15) is 0 Å². The Morgan fingerprint density at radius 3 is 2.63 bits per heavy atom. The van der Waals surface area contributed by atoms with E-state index >= 15 is 0 Å². The number of hydrogen-bond donors (Lipinski definition) is 1. The van der Waals surface area contributed by atoms with Crippen LogP contribution in [0.25, 0.3) is 22.4 Å². The first-order chi connectivity index (χ1) is 14.2. The molecule has 7 heteroatoms. The van der Waals surface area contributed by atoms with Crippen molar-refractivity contribution in [2.24, 2.45) is 0 Å². The summed E-state index contributed by atoms with van der Waals surface area (Å²) in [5.74, 6) is 1.70. The predicted octanol–water partition coefficient (Wildman–Crippen LogP) is 4.98. The van der Waals surface area contributed by atoms with Crippen LogP contribution in [0.15, 0.2) is 36.5 Å². The lowest BCUT2D eigenvalue weighted by Gasteiger charge is -2.36. The van der Waals surface area contributed by atoms with Crippen LogP contribution in [-0.2, 0) is 15.8 Å². The number of nitrogens with zero attached hydrogens (tertiary/aromatic N) is 3. The van der Waals surface area contributed by atoms with E-state index in [-0.39, 0.29) is 5.04 Å². The lowest BCUT2D eigenvalue weighted by molar-refractivity contribution is 0.122. The Morgan fingerprint density at radius 1 is 1.13 bits per heavy atom. The summed E-state index contributed by atoms with van der Waals surface area (Å²) in [5, 5.41) is 0.195. The van der Waals surface area contributed by atoms with E-state index in [0.29, 0.717) is 6.61 Å². The summed E-state index contributed by atoms with van der Waals surface area (Å²) in [7, 11) is -1.80. The molecule has 1 fully saturated rings. The van der Waals surface area contributed by atoms with Crippen molar-refractivity contribution in [1.29, 1.82) is 0 Å². The molecule has 0 spiro atoms. The second-order valence-electron chi connectivity index (χ2n) is 9.46. The molecule has 0 bridgehead atoms. The molecular weight excluding hydrogens is 392 g/mol. The summed E-state index contributed by atoms with van der Waals surface area (Å²) in [6.45, 7) is 15.1. The van der Waals surface area contributed by atoms with Crippen molar-refractivity contribution >= 4 is 25.2 Å². The van der Waals surface area contributed by atoms with Crippen LogP contribution >= 0.6 is 0 Å². The number of nitrogens with one attached hydrogen (secondary N) is 1. The molecule has 1 saturated heterocycles. The van der Waals surface area contributed by atoms with E-state index in [1.165, 1.54) is 0 Å². The number of benzene rings is 1. The van der Waals surface area contributed by atoms with Gasteiger partial charge in [-0.15, -0.1) is 0 Å². The van der Waals surface area contributed by atoms with Crippen LogP contribution in [0.5, 0.6) is 0 Å². The molecule has 1 aromatic carbocycles. The molecule has 160 valence electrons. The minimum atomic E-state index is -1.80. The average Bonchev–Trinajstić information content (AvgIpc) is 3.20. The first-order valence-corrected chi connectivity index (χ1v) is 13.6. The molecule has 0 atom stereocenters. The van der Waals surface area contributed by atoms with Gasteiger partial charge >= 0.3 is 0 Å². The fraction of sp³-hybridized carbons (Fsp3) is 0.478. The van der Waals surface area contributed by atoms with E-state index in [1.807, 2.05) is 12.3 Å². The average molecular weight is 425 g/mol. The van der Waals surface area contributed by atoms with Crippen LogP contribution in [0, 0.1) is 0 Å². The fourth-order valence-corrected chi connectivity index (χ4v) is 4.30. The highest BCUT2D eigenvalue weighted by Gasteiger charge is 2.37. The summed E-state index contributed by atoms with van der Waals surface area (Å²) in [6.07, 6.45) is 1.93. The number of fused-ring (bicyclic) bond motifs is 1. The first kappa shape index (κ1) is 21.0. The highest BCUT2D eigenvalue weighted by molar-refractivity contribution is 6.74. The number of rotatable bonds is 5. The summed E-state index contributed by atoms with van der Waals surface area (Å²) >= 11 is 0. The third kappa shape index (κ3) is 4.28. The summed E-state index contributed by atoms with van der Waals surface area (Å²) in [4.78, 5) is 15.3. The van der Waals surface area contributed by atoms with E-state index in [0.717, 1.165) is 60.1 Å². The van der Waals surface area contributed by atoms with Gasteiger partial charge in [-0.1, -0.05) is 39.0 Å². The van der Waals surface area contributed by atoms with Gasteiger partial charge in [-0.25, -0.2) is 9.97 Å². The van der Waals surface area contributed by atoms with Gasteiger partial charge < -0.3 is 19.0 Å².